The van der Waals surface area contributed by atoms with Crippen LogP contribution in [0, 0.1) is 0 Å². The lowest BCUT2D eigenvalue weighted by Gasteiger charge is -2.32. The van der Waals surface area contributed by atoms with Gasteiger partial charge in [-0.15, -0.1) is 0 Å². The monoisotopic (exact) mass is 348 g/mol. The van der Waals surface area contributed by atoms with Crippen molar-refractivity contribution < 1.29 is 14.7 Å². The molecule has 2 aromatic rings. The molecule has 0 saturated carbocycles. The van der Waals surface area contributed by atoms with Crippen molar-refractivity contribution >= 4 is 38.3 Å². The topological polar surface area (TPSA) is 61.8 Å². The summed E-state index contributed by atoms with van der Waals surface area (Å²) in [5.41, 5.74) is 0.889. The summed E-state index contributed by atoms with van der Waals surface area (Å²) in [5, 5.41) is 15.8. The predicted octanol–water partition coefficient (Wildman–Crippen LogP) is 2.31. The van der Waals surface area contributed by atoms with Crippen LogP contribution in [0.3, 0.4) is 0 Å². The van der Waals surface area contributed by atoms with Crippen LogP contribution in [-0.2, 0) is 4.79 Å². The highest BCUT2D eigenvalue weighted by Crippen LogP contribution is 2.44. The number of halogens is 1. The van der Waals surface area contributed by atoms with Crippen LogP contribution < -0.4 is 15.2 Å². The van der Waals surface area contributed by atoms with Crippen LogP contribution in [0.5, 0.6) is 5.75 Å². The highest BCUT2D eigenvalue weighted by molar-refractivity contribution is 9.10. The number of aliphatic hydroxyl groups excluding tert-OH is 1. The second-order valence-electron chi connectivity index (χ2n) is 5.28. The maximum atomic E-state index is 12.1. The van der Waals surface area contributed by atoms with Gasteiger partial charge in [0, 0.05) is 9.86 Å². The highest BCUT2D eigenvalue weighted by Gasteiger charge is 2.37. The fourth-order valence-electron chi connectivity index (χ4n) is 2.97. The molecule has 5 nitrogen and oxygen atoms in total. The van der Waals surface area contributed by atoms with E-state index < -0.39 is 12.3 Å². The first-order valence-electron chi connectivity index (χ1n) is 6.82. The molecular formula is C15H13BrN2O3. The average Bonchev–Trinajstić information content (AvgIpc) is 2.83. The van der Waals surface area contributed by atoms with Gasteiger partial charge in [0.25, 0.3) is 0 Å². The average molecular weight is 349 g/mol. The van der Waals surface area contributed by atoms with Gasteiger partial charge in [-0.2, -0.15) is 5.06 Å². The summed E-state index contributed by atoms with van der Waals surface area (Å²) in [5.74, 6) is 0.542. The van der Waals surface area contributed by atoms with E-state index in [1.807, 2.05) is 30.3 Å². The maximum Gasteiger partial charge on any atom is 0.248 e. The Morgan fingerprint density at radius 1 is 1.29 bits per heavy atom. The van der Waals surface area contributed by atoms with Gasteiger partial charge in [-0.1, -0.05) is 28.1 Å². The van der Waals surface area contributed by atoms with Gasteiger partial charge in [0.1, 0.15) is 12.3 Å². The van der Waals surface area contributed by atoms with E-state index in [1.165, 1.54) is 0 Å². The van der Waals surface area contributed by atoms with Gasteiger partial charge >= 0.3 is 0 Å². The molecule has 2 unspecified atom stereocenters. The van der Waals surface area contributed by atoms with Gasteiger partial charge in [0.05, 0.1) is 11.1 Å². The van der Waals surface area contributed by atoms with Gasteiger partial charge in [0.2, 0.25) is 5.91 Å². The smallest absolute Gasteiger partial charge is 0.248 e. The lowest BCUT2D eigenvalue weighted by Crippen LogP contribution is -2.54. The molecule has 1 fully saturated rings. The minimum atomic E-state index is -0.760. The Kier molecular flexibility index (Phi) is 2.83. The molecule has 108 valence electrons. The van der Waals surface area contributed by atoms with Gasteiger partial charge in [-0.3, -0.25) is 4.79 Å². The van der Waals surface area contributed by atoms with Crippen molar-refractivity contribution in [2.24, 2.45) is 0 Å². The molecule has 4 rings (SSSR count). The molecule has 0 aliphatic carbocycles. The van der Waals surface area contributed by atoms with E-state index in [1.54, 1.807) is 5.06 Å². The Balaban J connectivity index is 1.80. The second kappa shape index (κ2) is 4.61. The number of hydrogen-bond donors (Lipinski definition) is 2. The lowest BCUT2D eigenvalue weighted by molar-refractivity contribution is -0.129. The number of anilines is 1. The quantitative estimate of drug-likeness (QED) is 0.830. The number of amides is 1. The summed E-state index contributed by atoms with van der Waals surface area (Å²) in [6.45, 7) is 0. The van der Waals surface area contributed by atoms with E-state index in [-0.39, 0.29) is 5.91 Å². The van der Waals surface area contributed by atoms with Crippen LogP contribution in [0.1, 0.15) is 12.8 Å². The molecule has 0 spiro atoms. The zero-order valence-corrected chi connectivity index (χ0v) is 12.6. The summed E-state index contributed by atoms with van der Waals surface area (Å²) < 4.78 is 0.997. The molecule has 1 amide bonds. The summed E-state index contributed by atoms with van der Waals surface area (Å²) >= 11 is 3.54. The fraction of sp³-hybridized carbons (Fsp3) is 0.267. The largest absolute Gasteiger partial charge is 0.378 e. The standard InChI is InChI=1S/C15H13BrN2O3/c16-9-4-6-12-14-8(9)2-1-3-10(14)18(21-12)11-5-7-13(19)17-15(11)20/h1-4,6,11,13,19H,5,7H2,(H,17,20). The van der Waals surface area contributed by atoms with E-state index in [9.17, 15) is 9.90 Å². The van der Waals surface area contributed by atoms with Crippen LogP contribution in [0.25, 0.3) is 10.8 Å². The number of hydrogen-bond acceptors (Lipinski definition) is 4. The third kappa shape index (κ3) is 1.90. The van der Waals surface area contributed by atoms with E-state index in [0.717, 1.165) is 26.7 Å². The number of hydroxylamine groups is 1. The third-order valence-electron chi connectivity index (χ3n) is 3.97. The van der Waals surface area contributed by atoms with E-state index in [0.29, 0.717) is 12.8 Å². The van der Waals surface area contributed by atoms with Crippen molar-refractivity contribution in [1.29, 1.82) is 0 Å². The number of piperidine rings is 1. The molecule has 0 aromatic heterocycles. The number of nitrogens with one attached hydrogen (secondary N) is 1. The molecule has 2 N–H and O–H groups in total. The molecule has 21 heavy (non-hydrogen) atoms. The molecular weight excluding hydrogens is 336 g/mol. The minimum Gasteiger partial charge on any atom is -0.378 e. The Morgan fingerprint density at radius 2 is 2.14 bits per heavy atom. The van der Waals surface area contributed by atoms with Crippen molar-refractivity contribution in [3.63, 3.8) is 0 Å². The SMILES string of the molecule is O=C1NC(O)CCC1N1Oc2ccc(Br)c3cccc1c23. The summed E-state index contributed by atoms with van der Waals surface area (Å²) in [6, 6.07) is 9.32. The summed E-state index contributed by atoms with van der Waals surface area (Å²) in [7, 11) is 0. The van der Waals surface area contributed by atoms with Crippen molar-refractivity contribution in [1.82, 2.24) is 5.32 Å². The van der Waals surface area contributed by atoms with Gasteiger partial charge in [0.15, 0.2) is 5.75 Å². The van der Waals surface area contributed by atoms with Crippen LogP contribution in [0.2, 0.25) is 0 Å². The van der Waals surface area contributed by atoms with E-state index >= 15 is 0 Å². The van der Waals surface area contributed by atoms with Crippen molar-refractivity contribution in [3.05, 3.63) is 34.8 Å². The Morgan fingerprint density at radius 3 is 2.95 bits per heavy atom. The van der Waals surface area contributed by atoms with Crippen LogP contribution in [-0.4, -0.2) is 23.3 Å². The molecule has 1 saturated heterocycles. The van der Waals surface area contributed by atoms with Crippen LogP contribution >= 0.6 is 15.9 Å². The Bertz CT molecular complexity index is 749. The zero-order valence-electron chi connectivity index (χ0n) is 11.0. The van der Waals surface area contributed by atoms with Crippen molar-refractivity contribution in [2.45, 2.75) is 25.1 Å². The molecule has 2 aliphatic heterocycles. The number of rotatable bonds is 1. The van der Waals surface area contributed by atoms with Crippen LogP contribution in [0.4, 0.5) is 5.69 Å². The highest BCUT2D eigenvalue weighted by atomic mass is 79.9. The van der Waals surface area contributed by atoms with E-state index in [2.05, 4.69) is 21.2 Å². The number of carbonyl (C=O) groups is 1. The number of nitrogens with zero attached hydrogens (tertiary/aromatic N) is 1. The molecule has 2 aromatic carbocycles. The number of carbonyl (C=O) groups excluding carboxylic acids is 1. The summed E-state index contributed by atoms with van der Waals surface area (Å²) in [6.07, 6.45) is 0.314. The first-order chi connectivity index (χ1) is 10.1. The van der Waals surface area contributed by atoms with Crippen molar-refractivity contribution in [3.8, 4) is 5.75 Å². The first-order valence-corrected chi connectivity index (χ1v) is 7.61. The maximum absolute atomic E-state index is 12.1. The fourth-order valence-corrected chi connectivity index (χ4v) is 3.43. The van der Waals surface area contributed by atoms with Gasteiger partial charge < -0.3 is 15.3 Å². The second-order valence-corrected chi connectivity index (χ2v) is 6.13. The molecule has 6 heteroatoms. The Hall–Kier alpha value is -1.79. The zero-order chi connectivity index (χ0) is 14.6. The molecule has 2 atom stereocenters. The molecule has 0 bridgehead atoms. The third-order valence-corrected chi connectivity index (χ3v) is 4.66. The number of aliphatic hydroxyl groups is 1. The van der Waals surface area contributed by atoms with E-state index in [4.69, 9.17) is 4.84 Å². The predicted molar refractivity (Wildman–Crippen MR) is 81.9 cm³/mol. The number of benzene rings is 2. The first kappa shape index (κ1) is 12.9. The van der Waals surface area contributed by atoms with Crippen molar-refractivity contribution in [2.75, 3.05) is 5.06 Å². The molecule has 2 heterocycles. The minimum absolute atomic E-state index is 0.211. The van der Waals surface area contributed by atoms with Gasteiger partial charge in [-0.25, -0.2) is 0 Å². The summed E-state index contributed by atoms with van der Waals surface area (Å²) in [4.78, 5) is 18.0. The lowest BCUT2D eigenvalue weighted by atomic mass is 10.0. The molecule has 2 aliphatic rings. The molecule has 0 radical (unpaired) electrons. The van der Waals surface area contributed by atoms with Gasteiger partial charge in [-0.05, 0) is 31.0 Å². The van der Waals surface area contributed by atoms with Crippen LogP contribution in [0.15, 0.2) is 34.8 Å². The normalized spacial score (nSPS) is 24.1. The Labute approximate surface area is 129 Å².